The summed E-state index contributed by atoms with van der Waals surface area (Å²) in [5.74, 6) is 0.00403. The van der Waals surface area contributed by atoms with Gasteiger partial charge in [0.25, 0.3) is 0 Å². The van der Waals surface area contributed by atoms with E-state index in [4.69, 9.17) is 0 Å². The van der Waals surface area contributed by atoms with Crippen molar-refractivity contribution in [2.24, 2.45) is 0 Å². The predicted molar refractivity (Wildman–Crippen MR) is 66.2 cm³/mol. The molecule has 1 fully saturated rings. The van der Waals surface area contributed by atoms with Gasteiger partial charge in [-0.2, -0.15) is 24.9 Å². The number of carbonyl (C=O) groups excluding carboxylic acids is 1. The number of thioether (sulfide) groups is 1. The molecule has 2 nitrogen and oxygen atoms in total. The SMILES string of the molecule is O=C(CSC1CCCC1)c1cnc(C(F)(F)F)s1. The molecule has 1 saturated carbocycles. The number of ketones is 1. The summed E-state index contributed by atoms with van der Waals surface area (Å²) in [5.41, 5.74) is 0. The first-order valence-electron chi connectivity index (χ1n) is 5.64. The molecule has 0 radical (unpaired) electrons. The molecule has 0 atom stereocenters. The Morgan fingerprint density at radius 1 is 1.44 bits per heavy atom. The minimum absolute atomic E-state index is 0.104. The van der Waals surface area contributed by atoms with Crippen molar-refractivity contribution in [3.63, 3.8) is 0 Å². The van der Waals surface area contributed by atoms with Gasteiger partial charge in [-0.05, 0) is 12.8 Å². The van der Waals surface area contributed by atoms with Crippen molar-refractivity contribution < 1.29 is 18.0 Å². The number of carbonyl (C=O) groups is 1. The standard InChI is InChI=1S/C11H12F3NOS2/c12-11(13,14)10-15-5-9(18-10)8(16)6-17-7-3-1-2-4-7/h5,7H,1-4,6H2. The molecule has 0 bridgehead atoms. The number of nitrogens with zero attached hydrogens (tertiary/aromatic N) is 1. The summed E-state index contributed by atoms with van der Waals surface area (Å²) in [6, 6.07) is 0. The van der Waals surface area contributed by atoms with Crippen molar-refractivity contribution in [1.29, 1.82) is 0 Å². The minimum atomic E-state index is -4.46. The Labute approximate surface area is 111 Å². The van der Waals surface area contributed by atoms with Crippen LogP contribution in [0.1, 0.15) is 40.4 Å². The highest BCUT2D eigenvalue weighted by atomic mass is 32.2. The number of thiazole rings is 1. The fourth-order valence-electron chi connectivity index (χ4n) is 1.85. The zero-order chi connectivity index (χ0) is 13.2. The highest BCUT2D eigenvalue weighted by molar-refractivity contribution is 8.00. The van der Waals surface area contributed by atoms with Gasteiger partial charge in [0, 0.05) is 11.4 Å². The van der Waals surface area contributed by atoms with E-state index in [1.807, 2.05) is 0 Å². The fourth-order valence-corrected chi connectivity index (χ4v) is 3.88. The van der Waals surface area contributed by atoms with Gasteiger partial charge in [-0.15, -0.1) is 11.3 Å². The van der Waals surface area contributed by atoms with Crippen LogP contribution in [0.4, 0.5) is 13.2 Å². The average molecular weight is 295 g/mol. The first kappa shape index (κ1) is 13.9. The van der Waals surface area contributed by atoms with Crippen LogP contribution in [0.2, 0.25) is 0 Å². The van der Waals surface area contributed by atoms with E-state index >= 15 is 0 Å². The molecule has 1 aromatic rings. The summed E-state index contributed by atoms with van der Waals surface area (Å²) < 4.78 is 37.0. The highest BCUT2D eigenvalue weighted by Gasteiger charge is 2.35. The van der Waals surface area contributed by atoms with Crippen molar-refractivity contribution in [2.75, 3.05) is 5.75 Å². The Bertz CT molecular complexity index is 424. The van der Waals surface area contributed by atoms with Gasteiger partial charge in [-0.1, -0.05) is 12.8 Å². The second-order valence-electron chi connectivity index (χ2n) is 4.17. The number of hydrogen-bond acceptors (Lipinski definition) is 4. The van der Waals surface area contributed by atoms with Crippen LogP contribution >= 0.6 is 23.1 Å². The molecule has 18 heavy (non-hydrogen) atoms. The van der Waals surface area contributed by atoms with Crippen LogP contribution in [0.3, 0.4) is 0 Å². The van der Waals surface area contributed by atoms with Crippen molar-refractivity contribution in [1.82, 2.24) is 4.98 Å². The number of halogens is 3. The summed E-state index contributed by atoms with van der Waals surface area (Å²) >= 11 is 1.98. The van der Waals surface area contributed by atoms with Crippen LogP contribution in [-0.4, -0.2) is 21.8 Å². The number of alkyl halides is 3. The number of aromatic nitrogens is 1. The van der Waals surface area contributed by atoms with E-state index in [-0.39, 0.29) is 16.4 Å². The molecule has 0 aliphatic heterocycles. The van der Waals surface area contributed by atoms with Crippen LogP contribution in [0.15, 0.2) is 6.20 Å². The molecule has 0 aromatic carbocycles. The molecule has 2 rings (SSSR count). The summed E-state index contributed by atoms with van der Waals surface area (Å²) in [7, 11) is 0. The number of Topliss-reactive ketones (excluding diaryl/α,β-unsaturated/α-hetero) is 1. The number of hydrogen-bond donors (Lipinski definition) is 0. The summed E-state index contributed by atoms with van der Waals surface area (Å²) in [6.07, 6.45) is 1.16. The van der Waals surface area contributed by atoms with Gasteiger partial charge in [0.15, 0.2) is 10.8 Å². The Kier molecular flexibility index (Phi) is 4.32. The van der Waals surface area contributed by atoms with Gasteiger partial charge >= 0.3 is 6.18 Å². The third-order valence-corrected chi connectivity index (χ3v) is 5.23. The molecule has 7 heteroatoms. The van der Waals surface area contributed by atoms with Gasteiger partial charge < -0.3 is 0 Å². The lowest BCUT2D eigenvalue weighted by Gasteiger charge is -2.06. The lowest BCUT2D eigenvalue weighted by molar-refractivity contribution is -0.137. The maximum Gasteiger partial charge on any atom is 0.443 e. The van der Waals surface area contributed by atoms with E-state index in [0.717, 1.165) is 19.0 Å². The molecule has 0 N–H and O–H groups in total. The summed E-state index contributed by atoms with van der Waals surface area (Å²) in [6.45, 7) is 0. The maximum absolute atomic E-state index is 12.3. The second-order valence-corrected chi connectivity index (χ2v) is 6.49. The minimum Gasteiger partial charge on any atom is -0.292 e. The third-order valence-electron chi connectivity index (χ3n) is 2.78. The van der Waals surface area contributed by atoms with Crippen LogP contribution < -0.4 is 0 Å². The molecule has 0 unspecified atom stereocenters. The number of rotatable bonds is 4. The van der Waals surface area contributed by atoms with Gasteiger partial charge in [-0.3, -0.25) is 4.79 Å². The van der Waals surface area contributed by atoms with E-state index in [1.165, 1.54) is 12.8 Å². The molecule has 1 aromatic heterocycles. The van der Waals surface area contributed by atoms with Crippen LogP contribution in [0, 0.1) is 0 Å². The van der Waals surface area contributed by atoms with E-state index < -0.39 is 11.2 Å². The topological polar surface area (TPSA) is 30.0 Å². The van der Waals surface area contributed by atoms with E-state index in [2.05, 4.69) is 4.98 Å². The van der Waals surface area contributed by atoms with E-state index in [0.29, 0.717) is 16.6 Å². The molecule has 0 amide bonds. The van der Waals surface area contributed by atoms with Gasteiger partial charge in [-0.25, -0.2) is 4.98 Å². The Hall–Kier alpha value is -0.560. The molecule has 100 valence electrons. The summed E-state index contributed by atoms with van der Waals surface area (Å²) in [5, 5.41) is -0.458. The van der Waals surface area contributed by atoms with Crippen LogP contribution in [0.5, 0.6) is 0 Å². The lowest BCUT2D eigenvalue weighted by atomic mass is 10.4. The average Bonchev–Trinajstić information content (AvgIpc) is 2.96. The molecular formula is C11H12F3NOS2. The first-order chi connectivity index (χ1) is 8.47. The van der Waals surface area contributed by atoms with Crippen molar-refractivity contribution in [3.8, 4) is 0 Å². The lowest BCUT2D eigenvalue weighted by Crippen LogP contribution is -2.05. The molecule has 0 saturated heterocycles. The zero-order valence-electron chi connectivity index (χ0n) is 9.50. The van der Waals surface area contributed by atoms with Crippen LogP contribution in [-0.2, 0) is 6.18 Å². The Morgan fingerprint density at radius 2 is 2.11 bits per heavy atom. The molecule has 1 aliphatic carbocycles. The van der Waals surface area contributed by atoms with Crippen molar-refractivity contribution in [3.05, 3.63) is 16.1 Å². The van der Waals surface area contributed by atoms with Crippen LogP contribution in [0.25, 0.3) is 0 Å². The predicted octanol–water partition coefficient (Wildman–Crippen LogP) is 4.02. The highest BCUT2D eigenvalue weighted by Crippen LogP contribution is 2.34. The normalized spacial score (nSPS) is 17.3. The first-order valence-corrected chi connectivity index (χ1v) is 7.51. The largest absolute Gasteiger partial charge is 0.443 e. The van der Waals surface area contributed by atoms with Gasteiger partial charge in [0.05, 0.1) is 10.6 Å². The Balaban J connectivity index is 1.90. The molecule has 0 spiro atoms. The molecule has 1 aliphatic rings. The van der Waals surface area contributed by atoms with Gasteiger partial charge in [0.2, 0.25) is 0 Å². The van der Waals surface area contributed by atoms with Crippen molar-refractivity contribution >= 4 is 28.9 Å². The van der Waals surface area contributed by atoms with Crippen molar-refractivity contribution in [2.45, 2.75) is 37.1 Å². The molecular weight excluding hydrogens is 283 g/mol. The van der Waals surface area contributed by atoms with E-state index in [1.54, 1.807) is 11.8 Å². The second kappa shape index (κ2) is 5.61. The quantitative estimate of drug-likeness (QED) is 0.786. The fraction of sp³-hybridized carbons (Fsp3) is 0.636. The van der Waals surface area contributed by atoms with Gasteiger partial charge in [0.1, 0.15) is 0 Å². The monoisotopic (exact) mass is 295 g/mol. The molecule has 1 heterocycles. The zero-order valence-corrected chi connectivity index (χ0v) is 11.1. The smallest absolute Gasteiger partial charge is 0.292 e. The summed E-state index contributed by atoms with van der Waals surface area (Å²) in [4.78, 5) is 15.1. The van der Waals surface area contributed by atoms with E-state index in [9.17, 15) is 18.0 Å². The maximum atomic E-state index is 12.3. The third kappa shape index (κ3) is 3.47. The Morgan fingerprint density at radius 3 is 2.67 bits per heavy atom.